The van der Waals surface area contributed by atoms with Gasteiger partial charge in [-0.1, -0.05) is 25.0 Å². The number of aromatic nitrogens is 3. The number of carbonyl (C=O) groups excluding carboxylic acids is 1. The minimum Gasteiger partial charge on any atom is -0.324 e. The highest BCUT2D eigenvalue weighted by atomic mass is 35.5. The molecule has 118 valence electrons. The summed E-state index contributed by atoms with van der Waals surface area (Å²) in [5, 5.41) is 9.85. The van der Waals surface area contributed by atoms with Crippen LogP contribution in [0.4, 0.5) is 5.69 Å². The second kappa shape index (κ2) is 6.46. The fourth-order valence-electron chi connectivity index (χ4n) is 2.70. The van der Waals surface area contributed by atoms with Gasteiger partial charge in [0.2, 0.25) is 5.91 Å². The fourth-order valence-corrected chi connectivity index (χ4v) is 2.70. The Bertz CT molecular complexity index is 663. The number of anilines is 1. The Balaban J connectivity index is 0.00000176. The lowest BCUT2D eigenvalue weighted by Crippen LogP contribution is -2.48. The van der Waals surface area contributed by atoms with E-state index in [1.165, 1.54) is 0 Å². The molecule has 22 heavy (non-hydrogen) atoms. The van der Waals surface area contributed by atoms with Gasteiger partial charge in [0, 0.05) is 11.3 Å². The quantitative estimate of drug-likeness (QED) is 0.808. The van der Waals surface area contributed by atoms with Gasteiger partial charge >= 0.3 is 0 Å². The lowest BCUT2D eigenvalue weighted by atomic mass is 9.98. The van der Waals surface area contributed by atoms with Gasteiger partial charge in [-0.15, -0.1) is 12.4 Å². The van der Waals surface area contributed by atoms with Gasteiger partial charge in [0.1, 0.15) is 5.82 Å². The van der Waals surface area contributed by atoms with Crippen LogP contribution in [0, 0.1) is 6.92 Å². The molecule has 0 spiro atoms. The van der Waals surface area contributed by atoms with Crippen molar-refractivity contribution in [3.8, 4) is 11.4 Å². The van der Waals surface area contributed by atoms with Crippen molar-refractivity contribution in [3.05, 3.63) is 30.1 Å². The van der Waals surface area contributed by atoms with Crippen molar-refractivity contribution in [1.29, 1.82) is 0 Å². The number of nitrogens with zero attached hydrogens (tertiary/aromatic N) is 2. The summed E-state index contributed by atoms with van der Waals surface area (Å²) in [5.74, 6) is 1.27. The number of aromatic amines is 1. The van der Waals surface area contributed by atoms with E-state index in [9.17, 15) is 4.79 Å². The van der Waals surface area contributed by atoms with Gasteiger partial charge in [0.25, 0.3) is 0 Å². The van der Waals surface area contributed by atoms with Crippen LogP contribution in [0.5, 0.6) is 0 Å². The second-order valence-corrected chi connectivity index (χ2v) is 5.64. The number of benzene rings is 1. The molecule has 1 aromatic carbocycles. The Labute approximate surface area is 135 Å². The van der Waals surface area contributed by atoms with E-state index in [2.05, 4.69) is 20.5 Å². The number of nitrogens with one attached hydrogen (secondary N) is 2. The zero-order valence-electron chi connectivity index (χ0n) is 12.4. The van der Waals surface area contributed by atoms with Gasteiger partial charge in [-0.05, 0) is 31.9 Å². The SMILES string of the molecule is Cc1nc(-c2cccc(NC(=O)C3(N)CCCC3)c2)n[nH]1.Cl. The van der Waals surface area contributed by atoms with E-state index in [1.54, 1.807) is 0 Å². The summed E-state index contributed by atoms with van der Waals surface area (Å²) in [6.07, 6.45) is 3.53. The second-order valence-electron chi connectivity index (χ2n) is 5.64. The Kier molecular flexibility index (Phi) is 4.83. The van der Waals surface area contributed by atoms with Crippen LogP contribution in [-0.2, 0) is 4.79 Å². The molecule has 0 bridgehead atoms. The monoisotopic (exact) mass is 321 g/mol. The molecule has 0 radical (unpaired) electrons. The molecule has 2 aromatic rings. The van der Waals surface area contributed by atoms with Crippen LogP contribution >= 0.6 is 12.4 Å². The number of H-pyrrole nitrogens is 1. The summed E-state index contributed by atoms with van der Waals surface area (Å²) in [7, 11) is 0. The van der Waals surface area contributed by atoms with Gasteiger partial charge in [-0.25, -0.2) is 4.98 Å². The largest absolute Gasteiger partial charge is 0.324 e. The van der Waals surface area contributed by atoms with Gasteiger partial charge < -0.3 is 11.1 Å². The van der Waals surface area contributed by atoms with E-state index >= 15 is 0 Å². The molecule has 7 heteroatoms. The minimum atomic E-state index is -0.725. The van der Waals surface area contributed by atoms with Crippen molar-refractivity contribution in [2.45, 2.75) is 38.1 Å². The molecule has 0 saturated heterocycles. The van der Waals surface area contributed by atoms with Crippen molar-refractivity contribution in [2.75, 3.05) is 5.32 Å². The predicted molar refractivity (Wildman–Crippen MR) is 87.8 cm³/mol. The van der Waals surface area contributed by atoms with Crippen LogP contribution in [0.25, 0.3) is 11.4 Å². The van der Waals surface area contributed by atoms with Gasteiger partial charge in [-0.3, -0.25) is 9.89 Å². The molecule has 6 nitrogen and oxygen atoms in total. The molecule has 0 atom stereocenters. The summed E-state index contributed by atoms with van der Waals surface area (Å²) in [6, 6.07) is 7.48. The highest BCUT2D eigenvalue weighted by Crippen LogP contribution is 2.29. The van der Waals surface area contributed by atoms with Gasteiger partial charge in [0.05, 0.1) is 5.54 Å². The van der Waals surface area contributed by atoms with Gasteiger partial charge in [0.15, 0.2) is 5.82 Å². The lowest BCUT2D eigenvalue weighted by molar-refractivity contribution is -0.121. The van der Waals surface area contributed by atoms with E-state index in [0.29, 0.717) is 5.82 Å². The summed E-state index contributed by atoms with van der Waals surface area (Å²) in [4.78, 5) is 16.6. The third-order valence-electron chi connectivity index (χ3n) is 3.92. The van der Waals surface area contributed by atoms with Crippen molar-refractivity contribution < 1.29 is 4.79 Å². The third-order valence-corrected chi connectivity index (χ3v) is 3.92. The van der Waals surface area contributed by atoms with E-state index < -0.39 is 5.54 Å². The number of carbonyl (C=O) groups is 1. The molecule has 1 saturated carbocycles. The summed E-state index contributed by atoms with van der Waals surface area (Å²) in [6.45, 7) is 1.85. The zero-order chi connectivity index (χ0) is 14.9. The fraction of sp³-hybridized carbons (Fsp3) is 0.400. The standard InChI is InChI=1S/C15H19N5O.ClH/c1-10-17-13(20-19-10)11-5-4-6-12(9-11)18-14(21)15(16)7-2-3-8-15;/h4-6,9H,2-3,7-8,16H2,1H3,(H,18,21)(H,17,19,20);1H. The van der Waals surface area contributed by atoms with E-state index in [0.717, 1.165) is 42.8 Å². The lowest BCUT2D eigenvalue weighted by Gasteiger charge is -2.22. The van der Waals surface area contributed by atoms with Crippen molar-refractivity contribution in [2.24, 2.45) is 5.73 Å². The number of nitrogens with two attached hydrogens (primary N) is 1. The average molecular weight is 322 g/mol. The number of aryl methyl sites for hydroxylation is 1. The Morgan fingerprint density at radius 3 is 2.73 bits per heavy atom. The number of halogens is 1. The van der Waals surface area contributed by atoms with Crippen LogP contribution < -0.4 is 11.1 Å². The first-order valence-corrected chi connectivity index (χ1v) is 7.17. The van der Waals surface area contributed by atoms with E-state index in [-0.39, 0.29) is 18.3 Å². The molecular weight excluding hydrogens is 302 g/mol. The maximum atomic E-state index is 12.3. The molecule has 0 unspecified atom stereocenters. The number of hydrogen-bond donors (Lipinski definition) is 3. The molecule has 0 aliphatic heterocycles. The molecule has 1 fully saturated rings. The first-order valence-electron chi connectivity index (χ1n) is 7.17. The number of rotatable bonds is 3. The van der Waals surface area contributed by atoms with E-state index in [4.69, 9.17) is 5.73 Å². The summed E-state index contributed by atoms with van der Waals surface area (Å²) >= 11 is 0. The number of amides is 1. The predicted octanol–water partition coefficient (Wildman–Crippen LogP) is 2.41. The zero-order valence-corrected chi connectivity index (χ0v) is 13.2. The maximum absolute atomic E-state index is 12.3. The summed E-state index contributed by atoms with van der Waals surface area (Å²) < 4.78 is 0. The van der Waals surface area contributed by atoms with Crippen LogP contribution in [0.1, 0.15) is 31.5 Å². The van der Waals surface area contributed by atoms with Crippen molar-refractivity contribution in [1.82, 2.24) is 15.2 Å². The molecule has 4 N–H and O–H groups in total. The van der Waals surface area contributed by atoms with Crippen LogP contribution in [-0.4, -0.2) is 26.6 Å². The van der Waals surface area contributed by atoms with Crippen LogP contribution in [0.3, 0.4) is 0 Å². The molecule has 1 aromatic heterocycles. The highest BCUT2D eigenvalue weighted by Gasteiger charge is 2.36. The Hall–Kier alpha value is -1.92. The molecule has 1 heterocycles. The van der Waals surface area contributed by atoms with Crippen LogP contribution in [0.2, 0.25) is 0 Å². The maximum Gasteiger partial charge on any atom is 0.244 e. The first kappa shape index (κ1) is 16.5. The Morgan fingerprint density at radius 1 is 1.36 bits per heavy atom. The molecule has 1 aliphatic rings. The first-order chi connectivity index (χ1) is 10.1. The third kappa shape index (κ3) is 3.28. The van der Waals surface area contributed by atoms with Crippen molar-refractivity contribution >= 4 is 24.0 Å². The Morgan fingerprint density at radius 2 is 2.09 bits per heavy atom. The minimum absolute atomic E-state index is 0. The normalized spacial score (nSPS) is 16.1. The van der Waals surface area contributed by atoms with Crippen LogP contribution in [0.15, 0.2) is 24.3 Å². The summed E-state index contributed by atoms with van der Waals surface area (Å²) in [5.41, 5.74) is 7.01. The smallest absolute Gasteiger partial charge is 0.244 e. The van der Waals surface area contributed by atoms with E-state index in [1.807, 2.05) is 31.2 Å². The molecular formula is C15H20ClN5O. The molecule has 1 aliphatic carbocycles. The molecule has 1 amide bonds. The topological polar surface area (TPSA) is 96.7 Å². The average Bonchev–Trinajstić information content (AvgIpc) is 3.09. The highest BCUT2D eigenvalue weighted by molar-refractivity contribution is 5.98. The number of hydrogen-bond acceptors (Lipinski definition) is 4. The van der Waals surface area contributed by atoms with Crippen molar-refractivity contribution in [3.63, 3.8) is 0 Å². The van der Waals surface area contributed by atoms with Gasteiger partial charge in [-0.2, -0.15) is 5.10 Å². The molecule has 3 rings (SSSR count).